The van der Waals surface area contributed by atoms with Crippen molar-refractivity contribution in [2.75, 3.05) is 14.1 Å². The normalized spacial score (nSPS) is 11.0. The summed E-state index contributed by atoms with van der Waals surface area (Å²) in [6.45, 7) is 7.15. The SMILES string of the molecule is [C-]#[N+]c1cccc(-c2nc3sccn3c2C(=O)/C=C/N(C)C)c1. The number of ketones is 1. The van der Waals surface area contributed by atoms with Gasteiger partial charge in [0.15, 0.2) is 10.6 Å². The monoisotopic (exact) mass is 322 g/mol. The van der Waals surface area contributed by atoms with Crippen molar-refractivity contribution in [3.05, 3.63) is 65.2 Å². The summed E-state index contributed by atoms with van der Waals surface area (Å²) < 4.78 is 1.80. The molecule has 2 heterocycles. The first-order valence-electron chi connectivity index (χ1n) is 6.92. The second-order valence-corrected chi connectivity index (χ2v) is 6.04. The Morgan fingerprint density at radius 3 is 3.00 bits per heavy atom. The van der Waals surface area contributed by atoms with Gasteiger partial charge in [-0.05, 0) is 11.6 Å². The number of carbonyl (C=O) groups is 1. The van der Waals surface area contributed by atoms with Crippen LogP contribution in [0.1, 0.15) is 10.5 Å². The van der Waals surface area contributed by atoms with Crippen LogP contribution >= 0.6 is 11.3 Å². The highest BCUT2D eigenvalue weighted by molar-refractivity contribution is 7.15. The van der Waals surface area contributed by atoms with Crippen LogP contribution in [-0.2, 0) is 0 Å². The van der Waals surface area contributed by atoms with Gasteiger partial charge in [-0.25, -0.2) is 9.83 Å². The number of fused-ring (bicyclic) bond motifs is 1. The van der Waals surface area contributed by atoms with Crippen molar-refractivity contribution >= 4 is 27.8 Å². The van der Waals surface area contributed by atoms with Crippen molar-refractivity contribution in [2.24, 2.45) is 0 Å². The van der Waals surface area contributed by atoms with Crippen LogP contribution in [0.5, 0.6) is 0 Å². The van der Waals surface area contributed by atoms with Crippen LogP contribution in [0.4, 0.5) is 5.69 Å². The highest BCUT2D eigenvalue weighted by Crippen LogP contribution is 2.29. The fourth-order valence-electron chi connectivity index (χ4n) is 2.24. The van der Waals surface area contributed by atoms with Gasteiger partial charge in [0.2, 0.25) is 5.78 Å². The molecular formula is C17H14N4OS. The van der Waals surface area contributed by atoms with Gasteiger partial charge in [-0.1, -0.05) is 18.2 Å². The molecule has 0 aliphatic carbocycles. The fraction of sp³-hybridized carbons (Fsp3) is 0.118. The van der Waals surface area contributed by atoms with Gasteiger partial charge in [-0.3, -0.25) is 9.20 Å². The number of nitrogens with zero attached hydrogens (tertiary/aromatic N) is 4. The zero-order valence-electron chi connectivity index (χ0n) is 12.7. The average molecular weight is 322 g/mol. The lowest BCUT2D eigenvalue weighted by atomic mass is 10.1. The van der Waals surface area contributed by atoms with Crippen LogP contribution in [0.3, 0.4) is 0 Å². The summed E-state index contributed by atoms with van der Waals surface area (Å²) in [5.74, 6) is -0.118. The molecule has 5 nitrogen and oxygen atoms in total. The van der Waals surface area contributed by atoms with E-state index in [4.69, 9.17) is 6.57 Å². The van der Waals surface area contributed by atoms with Crippen molar-refractivity contribution in [3.63, 3.8) is 0 Å². The van der Waals surface area contributed by atoms with Crippen molar-refractivity contribution < 1.29 is 4.79 Å². The molecule has 0 spiro atoms. The minimum Gasteiger partial charge on any atom is -0.383 e. The largest absolute Gasteiger partial charge is 0.383 e. The van der Waals surface area contributed by atoms with Crippen LogP contribution in [0, 0.1) is 6.57 Å². The smallest absolute Gasteiger partial charge is 0.206 e. The molecule has 1 aromatic carbocycles. The van der Waals surface area contributed by atoms with E-state index >= 15 is 0 Å². The number of thiazole rings is 1. The summed E-state index contributed by atoms with van der Waals surface area (Å²) >= 11 is 1.47. The highest BCUT2D eigenvalue weighted by atomic mass is 32.1. The molecule has 0 atom stereocenters. The standard InChI is InChI=1S/C17H14N4OS/c1-18-13-6-4-5-12(11-13)15-16(14(22)7-8-20(2)3)21-9-10-23-17(21)19-15/h4-11H,2-3H3/b8-7+. The van der Waals surface area contributed by atoms with E-state index in [1.807, 2.05) is 36.6 Å². The number of hydrogen-bond donors (Lipinski definition) is 0. The predicted octanol–water partition coefficient (Wildman–Crippen LogP) is 3.87. The van der Waals surface area contributed by atoms with Gasteiger partial charge in [-0.15, -0.1) is 11.3 Å². The van der Waals surface area contributed by atoms with Gasteiger partial charge in [0.1, 0.15) is 11.4 Å². The molecule has 3 aromatic rings. The number of aromatic nitrogens is 2. The Hall–Kier alpha value is -2.91. The lowest BCUT2D eigenvalue weighted by Crippen LogP contribution is -2.05. The van der Waals surface area contributed by atoms with Crippen LogP contribution in [-0.4, -0.2) is 34.2 Å². The molecule has 0 amide bonds. The third-order valence-corrected chi connectivity index (χ3v) is 4.02. The third-order valence-electron chi connectivity index (χ3n) is 3.27. The first-order chi connectivity index (χ1) is 11.1. The van der Waals surface area contributed by atoms with E-state index in [1.165, 1.54) is 17.4 Å². The molecule has 2 aromatic heterocycles. The minimum atomic E-state index is -0.118. The Bertz CT molecular complexity index is 943. The topological polar surface area (TPSA) is 42.0 Å². The maximum atomic E-state index is 12.6. The molecule has 0 saturated heterocycles. The molecule has 0 bridgehead atoms. The molecule has 6 heteroatoms. The Morgan fingerprint density at radius 2 is 2.26 bits per heavy atom. The second-order valence-electron chi connectivity index (χ2n) is 5.17. The molecule has 0 saturated carbocycles. The van der Waals surface area contributed by atoms with E-state index in [0.29, 0.717) is 17.1 Å². The number of carbonyl (C=O) groups excluding carboxylic acids is 1. The summed E-state index contributed by atoms with van der Waals surface area (Å²) in [5, 5.41) is 1.90. The van der Waals surface area contributed by atoms with E-state index in [-0.39, 0.29) is 5.78 Å². The van der Waals surface area contributed by atoms with E-state index in [9.17, 15) is 4.79 Å². The van der Waals surface area contributed by atoms with Gasteiger partial charge in [0.25, 0.3) is 0 Å². The number of benzene rings is 1. The van der Waals surface area contributed by atoms with Crippen LogP contribution < -0.4 is 0 Å². The summed E-state index contributed by atoms with van der Waals surface area (Å²) in [7, 11) is 3.72. The number of imidazole rings is 1. The molecule has 0 aliphatic rings. The van der Waals surface area contributed by atoms with E-state index in [2.05, 4.69) is 9.83 Å². The van der Waals surface area contributed by atoms with Crippen LogP contribution in [0.15, 0.2) is 48.1 Å². The van der Waals surface area contributed by atoms with Crippen molar-refractivity contribution in [3.8, 4) is 11.3 Å². The lowest BCUT2D eigenvalue weighted by Gasteiger charge is -2.04. The highest BCUT2D eigenvalue weighted by Gasteiger charge is 2.19. The molecule has 0 fully saturated rings. The van der Waals surface area contributed by atoms with Crippen molar-refractivity contribution in [1.29, 1.82) is 0 Å². The molecule has 0 aliphatic heterocycles. The van der Waals surface area contributed by atoms with Crippen LogP contribution in [0.25, 0.3) is 21.1 Å². The number of allylic oxidation sites excluding steroid dienone is 1. The van der Waals surface area contributed by atoms with E-state index in [0.717, 1.165) is 10.5 Å². The lowest BCUT2D eigenvalue weighted by molar-refractivity contribution is 0.104. The Labute approximate surface area is 137 Å². The summed E-state index contributed by atoms with van der Waals surface area (Å²) in [5.41, 5.74) is 2.43. The first-order valence-corrected chi connectivity index (χ1v) is 7.80. The molecule has 23 heavy (non-hydrogen) atoms. The molecule has 0 unspecified atom stereocenters. The van der Waals surface area contributed by atoms with Gasteiger partial charge < -0.3 is 4.90 Å². The molecule has 0 radical (unpaired) electrons. The van der Waals surface area contributed by atoms with Gasteiger partial charge in [-0.2, -0.15) is 0 Å². The zero-order chi connectivity index (χ0) is 16.4. The average Bonchev–Trinajstić information content (AvgIpc) is 3.13. The fourth-order valence-corrected chi connectivity index (χ4v) is 2.95. The molecule has 3 rings (SSSR count). The number of rotatable bonds is 4. The summed E-state index contributed by atoms with van der Waals surface area (Å²) in [6.07, 6.45) is 5.09. The summed E-state index contributed by atoms with van der Waals surface area (Å²) in [4.78, 5) is 23.2. The van der Waals surface area contributed by atoms with Crippen molar-refractivity contribution in [2.45, 2.75) is 0 Å². The van der Waals surface area contributed by atoms with E-state index < -0.39 is 0 Å². The molecular weight excluding hydrogens is 308 g/mol. The second kappa shape index (κ2) is 6.07. The Morgan fingerprint density at radius 1 is 1.43 bits per heavy atom. The van der Waals surface area contributed by atoms with Gasteiger partial charge >= 0.3 is 0 Å². The maximum absolute atomic E-state index is 12.6. The quantitative estimate of drug-likeness (QED) is 0.416. The predicted molar refractivity (Wildman–Crippen MR) is 91.9 cm³/mol. The molecule has 114 valence electrons. The summed E-state index contributed by atoms with van der Waals surface area (Å²) in [6, 6.07) is 7.17. The Kier molecular flexibility index (Phi) is 3.96. The van der Waals surface area contributed by atoms with Crippen molar-refractivity contribution in [1.82, 2.24) is 14.3 Å². The van der Waals surface area contributed by atoms with E-state index in [1.54, 1.807) is 28.8 Å². The zero-order valence-corrected chi connectivity index (χ0v) is 13.5. The molecule has 0 N–H and O–H groups in total. The maximum Gasteiger partial charge on any atom is 0.206 e. The Balaban J connectivity index is 2.17. The van der Waals surface area contributed by atoms with Gasteiger partial charge in [0.05, 0.1) is 6.57 Å². The first kappa shape index (κ1) is 15.0. The van der Waals surface area contributed by atoms with Crippen LogP contribution in [0.2, 0.25) is 0 Å². The minimum absolute atomic E-state index is 0.118. The van der Waals surface area contributed by atoms with Gasteiger partial charge in [0, 0.05) is 37.9 Å². The third kappa shape index (κ3) is 2.87. The number of hydrogen-bond acceptors (Lipinski definition) is 4.